The van der Waals surface area contributed by atoms with Crippen molar-refractivity contribution in [1.29, 1.82) is 0 Å². The number of hydrogen-bond acceptors (Lipinski definition) is 3. The minimum Gasteiger partial charge on any atom is -0.300 e. The van der Waals surface area contributed by atoms with E-state index in [9.17, 15) is 4.79 Å². The fourth-order valence-electron chi connectivity index (χ4n) is 1.85. The summed E-state index contributed by atoms with van der Waals surface area (Å²) in [7, 11) is 0. The number of fused-ring (bicyclic) bond motifs is 1. The summed E-state index contributed by atoms with van der Waals surface area (Å²) in [5.41, 5.74) is 0. The molecule has 1 unspecified atom stereocenters. The van der Waals surface area contributed by atoms with Crippen molar-refractivity contribution in [1.82, 2.24) is 14.8 Å². The monoisotopic (exact) mass is 193 g/mol. The lowest BCUT2D eigenvalue weighted by Crippen LogP contribution is -2.24. The molecule has 0 spiro atoms. The van der Waals surface area contributed by atoms with Crippen molar-refractivity contribution in [3.8, 4) is 0 Å². The number of aryl methyl sites for hydroxylation is 2. The molecule has 2 heterocycles. The van der Waals surface area contributed by atoms with E-state index in [1.54, 1.807) is 6.92 Å². The zero-order valence-electron chi connectivity index (χ0n) is 8.66. The maximum atomic E-state index is 11.2. The summed E-state index contributed by atoms with van der Waals surface area (Å²) in [5, 5.41) is 4.36. The minimum absolute atomic E-state index is 0.163. The molecule has 0 radical (unpaired) electrons. The molecule has 0 bridgehead atoms. The van der Waals surface area contributed by atoms with Gasteiger partial charge in [-0.1, -0.05) is 6.92 Å². The van der Waals surface area contributed by atoms with Crippen molar-refractivity contribution in [3.63, 3.8) is 0 Å². The van der Waals surface area contributed by atoms with Crippen LogP contribution in [0.4, 0.5) is 0 Å². The summed E-state index contributed by atoms with van der Waals surface area (Å²) in [6, 6.07) is 0. The van der Waals surface area contributed by atoms with Gasteiger partial charge < -0.3 is 0 Å². The summed E-state index contributed by atoms with van der Waals surface area (Å²) in [5.74, 6) is 2.31. The Kier molecular flexibility index (Phi) is 2.35. The van der Waals surface area contributed by atoms with E-state index in [1.807, 2.05) is 11.6 Å². The average Bonchev–Trinajstić information content (AvgIpc) is 2.58. The van der Waals surface area contributed by atoms with Crippen LogP contribution in [0.15, 0.2) is 0 Å². The molecule has 76 valence electrons. The van der Waals surface area contributed by atoms with E-state index in [0.717, 1.165) is 37.5 Å². The zero-order valence-corrected chi connectivity index (χ0v) is 8.66. The van der Waals surface area contributed by atoms with E-state index in [0.29, 0.717) is 0 Å². The lowest BCUT2D eigenvalue weighted by atomic mass is 9.94. The van der Waals surface area contributed by atoms with Crippen LogP contribution in [-0.2, 0) is 24.2 Å². The molecule has 0 amide bonds. The summed E-state index contributed by atoms with van der Waals surface area (Å²) in [6.45, 7) is 4.55. The molecule has 1 aromatic rings. The van der Waals surface area contributed by atoms with Crippen molar-refractivity contribution in [2.45, 2.75) is 39.7 Å². The smallest absolute Gasteiger partial charge is 0.150 e. The molecule has 4 nitrogen and oxygen atoms in total. The van der Waals surface area contributed by atoms with Crippen molar-refractivity contribution in [2.75, 3.05) is 0 Å². The van der Waals surface area contributed by atoms with E-state index < -0.39 is 0 Å². The van der Waals surface area contributed by atoms with Crippen LogP contribution >= 0.6 is 0 Å². The standard InChI is InChI=1S/C10H15N3O/c1-3-9-11-10-6-8(7(2)14)4-5-13(10)12-9/h8H,3-6H2,1-2H3. The number of carbonyl (C=O) groups is 1. The minimum atomic E-state index is 0.163. The van der Waals surface area contributed by atoms with Gasteiger partial charge in [-0.15, -0.1) is 0 Å². The molecule has 0 N–H and O–H groups in total. The van der Waals surface area contributed by atoms with E-state index in [4.69, 9.17) is 0 Å². The Labute approximate surface area is 83.3 Å². The molecule has 1 atom stereocenters. The van der Waals surface area contributed by atoms with E-state index in [1.165, 1.54) is 0 Å². The third-order valence-corrected chi connectivity index (χ3v) is 2.80. The molecule has 0 aromatic carbocycles. The summed E-state index contributed by atoms with van der Waals surface area (Å²) < 4.78 is 1.94. The SMILES string of the molecule is CCc1nc2n(n1)CCC(C(C)=O)C2. The molecule has 0 aliphatic carbocycles. The first-order valence-corrected chi connectivity index (χ1v) is 5.13. The summed E-state index contributed by atoms with van der Waals surface area (Å²) in [4.78, 5) is 15.6. The second kappa shape index (κ2) is 3.52. The van der Waals surface area contributed by atoms with Crippen LogP contribution in [0.1, 0.15) is 31.9 Å². The first-order chi connectivity index (χ1) is 6.70. The highest BCUT2D eigenvalue weighted by atomic mass is 16.1. The molecule has 2 rings (SSSR count). The van der Waals surface area contributed by atoms with Crippen LogP contribution in [0.25, 0.3) is 0 Å². The van der Waals surface area contributed by atoms with E-state index in [-0.39, 0.29) is 11.7 Å². The molecular formula is C10H15N3O. The molecule has 1 aliphatic rings. The van der Waals surface area contributed by atoms with Gasteiger partial charge in [0.1, 0.15) is 11.6 Å². The maximum absolute atomic E-state index is 11.2. The van der Waals surface area contributed by atoms with Crippen LogP contribution in [0, 0.1) is 5.92 Å². The van der Waals surface area contributed by atoms with Crippen molar-refractivity contribution >= 4 is 5.78 Å². The highest BCUT2D eigenvalue weighted by molar-refractivity contribution is 5.78. The van der Waals surface area contributed by atoms with Gasteiger partial charge in [0, 0.05) is 25.3 Å². The maximum Gasteiger partial charge on any atom is 0.150 e. The van der Waals surface area contributed by atoms with Crippen LogP contribution in [-0.4, -0.2) is 20.5 Å². The van der Waals surface area contributed by atoms with Crippen LogP contribution in [0.2, 0.25) is 0 Å². The number of rotatable bonds is 2. The molecule has 0 saturated heterocycles. The molecule has 1 aliphatic heterocycles. The Bertz CT molecular complexity index is 356. The van der Waals surface area contributed by atoms with Gasteiger partial charge in [0.25, 0.3) is 0 Å². The normalized spacial score (nSPS) is 20.6. The fraction of sp³-hybridized carbons (Fsp3) is 0.700. The number of Topliss-reactive ketones (excluding diaryl/α,β-unsaturated/α-hetero) is 1. The predicted octanol–water partition coefficient (Wildman–Crippen LogP) is 0.992. The Morgan fingerprint density at radius 2 is 2.43 bits per heavy atom. The fourth-order valence-corrected chi connectivity index (χ4v) is 1.85. The van der Waals surface area contributed by atoms with Crippen LogP contribution in [0.3, 0.4) is 0 Å². The first kappa shape index (κ1) is 9.37. The average molecular weight is 193 g/mol. The van der Waals surface area contributed by atoms with Crippen molar-refractivity contribution in [3.05, 3.63) is 11.6 Å². The van der Waals surface area contributed by atoms with Gasteiger partial charge >= 0.3 is 0 Å². The molecule has 0 saturated carbocycles. The molecule has 1 aromatic heterocycles. The van der Waals surface area contributed by atoms with Gasteiger partial charge in [-0.2, -0.15) is 5.10 Å². The highest BCUT2D eigenvalue weighted by Crippen LogP contribution is 2.19. The topological polar surface area (TPSA) is 47.8 Å². The van der Waals surface area contributed by atoms with E-state index >= 15 is 0 Å². The Balaban J connectivity index is 2.21. The quantitative estimate of drug-likeness (QED) is 0.703. The number of ketones is 1. The van der Waals surface area contributed by atoms with Crippen LogP contribution in [0.5, 0.6) is 0 Å². The van der Waals surface area contributed by atoms with Gasteiger partial charge in [-0.05, 0) is 13.3 Å². The van der Waals surface area contributed by atoms with Gasteiger partial charge in [0.05, 0.1) is 0 Å². The third-order valence-electron chi connectivity index (χ3n) is 2.80. The Hall–Kier alpha value is -1.19. The van der Waals surface area contributed by atoms with Gasteiger partial charge in [0.15, 0.2) is 5.82 Å². The highest BCUT2D eigenvalue weighted by Gasteiger charge is 2.24. The zero-order chi connectivity index (χ0) is 10.1. The molecule has 14 heavy (non-hydrogen) atoms. The third kappa shape index (κ3) is 1.56. The number of nitrogens with zero attached hydrogens (tertiary/aromatic N) is 3. The van der Waals surface area contributed by atoms with Gasteiger partial charge in [-0.3, -0.25) is 4.79 Å². The molecule has 0 fully saturated rings. The lowest BCUT2D eigenvalue weighted by Gasteiger charge is -2.19. The molecular weight excluding hydrogens is 178 g/mol. The Morgan fingerprint density at radius 1 is 1.64 bits per heavy atom. The summed E-state index contributed by atoms with van der Waals surface area (Å²) in [6.07, 6.45) is 2.54. The second-order valence-electron chi connectivity index (χ2n) is 3.82. The second-order valence-corrected chi connectivity index (χ2v) is 3.82. The van der Waals surface area contributed by atoms with Crippen molar-refractivity contribution in [2.24, 2.45) is 5.92 Å². The van der Waals surface area contributed by atoms with E-state index in [2.05, 4.69) is 10.1 Å². The van der Waals surface area contributed by atoms with Crippen LogP contribution < -0.4 is 0 Å². The largest absolute Gasteiger partial charge is 0.300 e. The van der Waals surface area contributed by atoms with Gasteiger partial charge in [-0.25, -0.2) is 9.67 Å². The number of aromatic nitrogens is 3. The van der Waals surface area contributed by atoms with Gasteiger partial charge in [0.2, 0.25) is 0 Å². The number of hydrogen-bond donors (Lipinski definition) is 0. The first-order valence-electron chi connectivity index (χ1n) is 5.13. The Morgan fingerprint density at radius 3 is 3.07 bits per heavy atom. The number of carbonyl (C=O) groups excluding carboxylic acids is 1. The van der Waals surface area contributed by atoms with Crippen molar-refractivity contribution < 1.29 is 4.79 Å². The lowest BCUT2D eigenvalue weighted by molar-refractivity contribution is -0.121. The summed E-state index contributed by atoms with van der Waals surface area (Å²) >= 11 is 0. The predicted molar refractivity (Wildman–Crippen MR) is 51.9 cm³/mol. The molecule has 4 heteroatoms.